The number of halogens is 2. The third-order valence-corrected chi connectivity index (χ3v) is 4.65. The summed E-state index contributed by atoms with van der Waals surface area (Å²) in [6, 6.07) is 7.45. The molecule has 0 radical (unpaired) electrons. The van der Waals surface area contributed by atoms with Crippen molar-refractivity contribution in [1.82, 2.24) is 4.90 Å². The van der Waals surface area contributed by atoms with Crippen molar-refractivity contribution in [3.8, 4) is 0 Å². The van der Waals surface area contributed by atoms with E-state index in [-0.39, 0.29) is 12.1 Å². The maximum Gasteiger partial charge on any atom is 0.345 e. The molecule has 0 aliphatic carbocycles. The first-order valence-electron chi connectivity index (χ1n) is 6.96. The SMILES string of the molecule is COC(=O)[C@]1(F)CN(C(C)(C)C)C[C@H]1c1ccc(Br)cc1. The minimum atomic E-state index is -2.00. The van der Waals surface area contributed by atoms with E-state index in [4.69, 9.17) is 4.74 Å². The Hall–Kier alpha value is -0.940. The van der Waals surface area contributed by atoms with Crippen LogP contribution in [0.1, 0.15) is 32.3 Å². The Balaban J connectivity index is 2.40. The van der Waals surface area contributed by atoms with Gasteiger partial charge in [-0.3, -0.25) is 4.90 Å². The van der Waals surface area contributed by atoms with Crippen LogP contribution in [0.15, 0.2) is 28.7 Å². The van der Waals surface area contributed by atoms with Crippen molar-refractivity contribution < 1.29 is 13.9 Å². The second-order valence-corrected chi connectivity index (χ2v) is 7.43. The molecule has 0 saturated carbocycles. The maximum atomic E-state index is 15.4. The van der Waals surface area contributed by atoms with Crippen molar-refractivity contribution in [2.45, 2.75) is 37.9 Å². The summed E-state index contributed by atoms with van der Waals surface area (Å²) in [5, 5.41) is 0. The predicted molar refractivity (Wildman–Crippen MR) is 84.1 cm³/mol. The van der Waals surface area contributed by atoms with Gasteiger partial charge in [-0.2, -0.15) is 0 Å². The fourth-order valence-corrected chi connectivity index (χ4v) is 3.03. The van der Waals surface area contributed by atoms with Crippen LogP contribution in [0, 0.1) is 0 Å². The average Bonchev–Trinajstić information content (AvgIpc) is 2.78. The highest BCUT2D eigenvalue weighted by molar-refractivity contribution is 9.10. The van der Waals surface area contributed by atoms with Crippen molar-refractivity contribution in [2.24, 2.45) is 0 Å². The van der Waals surface area contributed by atoms with E-state index >= 15 is 4.39 Å². The molecule has 1 aliphatic heterocycles. The van der Waals surface area contributed by atoms with Gasteiger partial charge in [0, 0.05) is 29.0 Å². The number of likely N-dealkylation sites (tertiary alicyclic amines) is 1. The summed E-state index contributed by atoms with van der Waals surface area (Å²) in [6.07, 6.45) is 0. The average molecular weight is 358 g/mol. The van der Waals surface area contributed by atoms with Crippen molar-refractivity contribution in [3.05, 3.63) is 34.3 Å². The molecule has 5 heteroatoms. The standard InChI is InChI=1S/C16H21BrFNO2/c1-15(2,3)19-9-13(11-5-7-12(17)8-6-11)16(18,10-19)14(20)21-4/h5-8,13H,9-10H2,1-4H3/t13-,16-/m0/s1. The minimum Gasteiger partial charge on any atom is -0.467 e. The molecule has 1 aromatic rings. The van der Waals surface area contributed by atoms with Gasteiger partial charge in [-0.15, -0.1) is 0 Å². The zero-order chi connectivity index (χ0) is 15.8. The predicted octanol–water partition coefficient (Wildman–Crippen LogP) is 3.53. The number of alkyl halides is 1. The Bertz CT molecular complexity index is 526. The highest BCUT2D eigenvalue weighted by Gasteiger charge is 2.56. The van der Waals surface area contributed by atoms with Crippen LogP contribution in [-0.2, 0) is 9.53 Å². The number of ether oxygens (including phenoxy) is 1. The molecular weight excluding hydrogens is 337 g/mol. The van der Waals surface area contributed by atoms with Crippen molar-refractivity contribution >= 4 is 21.9 Å². The van der Waals surface area contributed by atoms with E-state index in [2.05, 4.69) is 15.9 Å². The summed E-state index contributed by atoms with van der Waals surface area (Å²) in [6.45, 7) is 6.62. The Labute approximate surface area is 133 Å². The van der Waals surface area contributed by atoms with E-state index in [1.807, 2.05) is 49.9 Å². The van der Waals surface area contributed by atoms with Crippen LogP contribution >= 0.6 is 15.9 Å². The van der Waals surface area contributed by atoms with Crippen molar-refractivity contribution in [2.75, 3.05) is 20.2 Å². The van der Waals surface area contributed by atoms with Crippen LogP contribution in [-0.4, -0.2) is 42.3 Å². The topological polar surface area (TPSA) is 29.5 Å². The van der Waals surface area contributed by atoms with Crippen LogP contribution in [0.25, 0.3) is 0 Å². The van der Waals surface area contributed by atoms with Crippen molar-refractivity contribution in [1.29, 1.82) is 0 Å². The van der Waals surface area contributed by atoms with E-state index < -0.39 is 17.6 Å². The lowest BCUT2D eigenvalue weighted by atomic mass is 9.86. The first-order valence-corrected chi connectivity index (χ1v) is 7.75. The molecule has 3 nitrogen and oxygen atoms in total. The molecule has 1 aromatic carbocycles. The van der Waals surface area contributed by atoms with Crippen LogP contribution < -0.4 is 0 Å². The second-order valence-electron chi connectivity index (χ2n) is 6.51. The summed E-state index contributed by atoms with van der Waals surface area (Å²) in [7, 11) is 1.24. The minimum absolute atomic E-state index is 0.0594. The lowest BCUT2D eigenvalue weighted by Crippen LogP contribution is -2.45. The molecule has 0 spiro atoms. The van der Waals surface area contributed by atoms with Gasteiger partial charge in [0.2, 0.25) is 5.67 Å². The number of carbonyl (C=O) groups excluding carboxylic acids is 1. The number of esters is 1. The lowest BCUT2D eigenvalue weighted by Gasteiger charge is -2.31. The van der Waals surface area contributed by atoms with E-state index in [0.717, 1.165) is 10.0 Å². The van der Waals surface area contributed by atoms with Gasteiger partial charge in [-0.25, -0.2) is 9.18 Å². The van der Waals surface area contributed by atoms with Gasteiger partial charge in [0.05, 0.1) is 7.11 Å². The molecular formula is C16H21BrFNO2. The Morgan fingerprint density at radius 1 is 1.38 bits per heavy atom. The molecule has 0 aromatic heterocycles. The maximum absolute atomic E-state index is 15.4. The summed E-state index contributed by atoms with van der Waals surface area (Å²) in [5.74, 6) is -1.31. The number of carbonyl (C=O) groups is 1. The first-order chi connectivity index (χ1) is 9.68. The molecule has 1 aliphatic rings. The molecule has 0 N–H and O–H groups in total. The summed E-state index contributed by atoms with van der Waals surface area (Å²) >= 11 is 3.37. The number of hydrogen-bond acceptors (Lipinski definition) is 3. The van der Waals surface area contributed by atoms with Crippen LogP contribution in [0.2, 0.25) is 0 Å². The molecule has 0 bridgehead atoms. The quantitative estimate of drug-likeness (QED) is 0.758. The Morgan fingerprint density at radius 2 is 1.95 bits per heavy atom. The molecule has 1 heterocycles. The van der Waals surface area contributed by atoms with Gasteiger partial charge in [-0.1, -0.05) is 28.1 Å². The van der Waals surface area contributed by atoms with E-state index in [0.29, 0.717) is 6.54 Å². The molecule has 0 unspecified atom stereocenters. The first kappa shape index (κ1) is 16.4. The fraction of sp³-hybridized carbons (Fsp3) is 0.562. The monoisotopic (exact) mass is 357 g/mol. The normalized spacial score (nSPS) is 26.9. The molecule has 2 rings (SSSR count). The number of methoxy groups -OCH3 is 1. The summed E-state index contributed by atoms with van der Waals surface area (Å²) in [4.78, 5) is 14.0. The van der Waals surface area contributed by atoms with Crippen LogP contribution in [0.5, 0.6) is 0 Å². The van der Waals surface area contributed by atoms with E-state index in [9.17, 15) is 4.79 Å². The fourth-order valence-electron chi connectivity index (χ4n) is 2.77. The number of hydrogen-bond donors (Lipinski definition) is 0. The van der Waals surface area contributed by atoms with Gasteiger partial charge in [-0.05, 0) is 38.5 Å². The lowest BCUT2D eigenvalue weighted by molar-refractivity contribution is -0.155. The van der Waals surface area contributed by atoms with Gasteiger partial charge >= 0.3 is 5.97 Å². The van der Waals surface area contributed by atoms with E-state index in [1.54, 1.807) is 0 Å². The number of rotatable bonds is 2. The van der Waals surface area contributed by atoms with Gasteiger partial charge in [0.15, 0.2) is 0 Å². The Morgan fingerprint density at radius 3 is 2.43 bits per heavy atom. The highest BCUT2D eigenvalue weighted by atomic mass is 79.9. The highest BCUT2D eigenvalue weighted by Crippen LogP contribution is 2.42. The van der Waals surface area contributed by atoms with Crippen LogP contribution in [0.4, 0.5) is 4.39 Å². The largest absolute Gasteiger partial charge is 0.467 e. The summed E-state index contributed by atoms with van der Waals surface area (Å²) in [5.41, 5.74) is -1.39. The molecule has 0 amide bonds. The molecule has 1 fully saturated rings. The molecule has 21 heavy (non-hydrogen) atoms. The van der Waals surface area contributed by atoms with E-state index in [1.165, 1.54) is 7.11 Å². The van der Waals surface area contributed by atoms with Gasteiger partial charge in [0.1, 0.15) is 0 Å². The third-order valence-electron chi connectivity index (χ3n) is 4.12. The number of nitrogens with zero attached hydrogens (tertiary/aromatic N) is 1. The van der Waals surface area contributed by atoms with Gasteiger partial charge in [0.25, 0.3) is 0 Å². The van der Waals surface area contributed by atoms with Crippen LogP contribution in [0.3, 0.4) is 0 Å². The molecule has 2 atom stereocenters. The zero-order valence-corrected chi connectivity index (χ0v) is 14.4. The second kappa shape index (κ2) is 5.69. The third kappa shape index (κ3) is 3.14. The summed E-state index contributed by atoms with van der Waals surface area (Å²) < 4.78 is 21.1. The zero-order valence-electron chi connectivity index (χ0n) is 12.8. The molecule has 116 valence electrons. The number of benzene rings is 1. The Kier molecular flexibility index (Phi) is 4.45. The molecule has 1 saturated heterocycles. The van der Waals surface area contributed by atoms with Gasteiger partial charge < -0.3 is 4.74 Å². The smallest absolute Gasteiger partial charge is 0.345 e. The van der Waals surface area contributed by atoms with Crippen molar-refractivity contribution in [3.63, 3.8) is 0 Å².